The van der Waals surface area contributed by atoms with Gasteiger partial charge in [0, 0.05) is 45.8 Å². The third-order valence-electron chi connectivity index (χ3n) is 6.20. The summed E-state index contributed by atoms with van der Waals surface area (Å²) < 4.78 is 5.52. The van der Waals surface area contributed by atoms with E-state index in [1.165, 1.54) is 26.6 Å². The number of aromatic nitrogens is 2. The van der Waals surface area contributed by atoms with Crippen molar-refractivity contribution in [3.05, 3.63) is 71.2 Å². The molecule has 0 radical (unpaired) electrons. The first-order valence-electron chi connectivity index (χ1n) is 11.8. The van der Waals surface area contributed by atoms with Gasteiger partial charge in [-0.3, -0.25) is 0 Å². The first-order valence-corrected chi connectivity index (χ1v) is 12.6. The third kappa shape index (κ3) is 4.92. The first kappa shape index (κ1) is 22.8. The highest BCUT2D eigenvalue weighted by Crippen LogP contribution is 2.35. The number of nitrogens with one attached hydrogen (secondary N) is 1. The number of benzene rings is 2. The fraction of sp³-hybridized carbons (Fsp3) is 0.333. The lowest BCUT2D eigenvalue weighted by molar-refractivity contribution is 0.122. The van der Waals surface area contributed by atoms with Gasteiger partial charge in [0.15, 0.2) is 5.82 Å². The van der Waals surface area contributed by atoms with Gasteiger partial charge in [0.1, 0.15) is 0 Å². The van der Waals surface area contributed by atoms with Gasteiger partial charge >= 0.3 is 0 Å². The summed E-state index contributed by atoms with van der Waals surface area (Å²) in [5, 5.41) is 14.5. The molecule has 4 aromatic rings. The molecular weight excluding hydrogens is 442 g/mol. The van der Waals surface area contributed by atoms with E-state index in [1.807, 2.05) is 17.5 Å². The Balaban J connectivity index is 1.39. The molecule has 2 aromatic heterocycles. The fourth-order valence-electron chi connectivity index (χ4n) is 4.44. The van der Waals surface area contributed by atoms with Crippen LogP contribution in [0, 0.1) is 0 Å². The molecule has 6 nitrogen and oxygen atoms in total. The number of nitrogens with zero attached hydrogens (tertiary/aromatic N) is 4. The van der Waals surface area contributed by atoms with Crippen molar-refractivity contribution in [3.8, 4) is 10.4 Å². The maximum atomic E-state index is 5.52. The number of rotatable bonds is 7. The van der Waals surface area contributed by atoms with Gasteiger partial charge in [0.25, 0.3) is 0 Å². The van der Waals surface area contributed by atoms with E-state index in [1.54, 1.807) is 0 Å². The molecular formula is C27H31N5OS. The maximum Gasteiger partial charge on any atom is 0.157 e. The minimum atomic E-state index is 0.117. The summed E-state index contributed by atoms with van der Waals surface area (Å²) in [4.78, 5) is 7.15. The van der Waals surface area contributed by atoms with Crippen molar-refractivity contribution >= 4 is 33.6 Å². The Kier molecular flexibility index (Phi) is 6.76. The lowest BCUT2D eigenvalue weighted by atomic mass is 10.1. The Bertz CT molecular complexity index is 1260. The van der Waals surface area contributed by atoms with Crippen molar-refractivity contribution in [1.82, 2.24) is 15.1 Å². The zero-order valence-corrected chi connectivity index (χ0v) is 20.8. The molecule has 1 aliphatic rings. The van der Waals surface area contributed by atoms with Gasteiger partial charge in [-0.15, -0.1) is 16.4 Å². The first-order chi connectivity index (χ1) is 16.6. The highest BCUT2D eigenvalue weighted by atomic mass is 32.1. The topological polar surface area (TPSA) is 53.5 Å². The highest BCUT2D eigenvalue weighted by Gasteiger charge is 2.16. The highest BCUT2D eigenvalue weighted by molar-refractivity contribution is 7.15. The molecule has 3 heterocycles. The van der Waals surface area contributed by atoms with Crippen molar-refractivity contribution in [1.29, 1.82) is 0 Å². The number of hydrogen-bond acceptors (Lipinski definition) is 7. The Labute approximate surface area is 205 Å². The van der Waals surface area contributed by atoms with Crippen LogP contribution in [-0.4, -0.2) is 55.5 Å². The molecule has 0 amide bonds. The number of anilines is 2. The number of morpholine rings is 1. The summed E-state index contributed by atoms with van der Waals surface area (Å²) in [5.74, 6) is 0.822. The second-order valence-corrected chi connectivity index (χ2v) is 10.1. The molecule has 0 unspecified atom stereocenters. The van der Waals surface area contributed by atoms with Crippen LogP contribution in [0.5, 0.6) is 0 Å². The van der Waals surface area contributed by atoms with Crippen molar-refractivity contribution < 1.29 is 4.74 Å². The normalized spacial score (nSPS) is 15.1. The molecule has 1 N–H and O–H groups in total. The van der Waals surface area contributed by atoms with Gasteiger partial charge in [0.05, 0.1) is 25.5 Å². The zero-order chi connectivity index (χ0) is 23.5. The van der Waals surface area contributed by atoms with Crippen LogP contribution in [0.15, 0.2) is 60.8 Å². The van der Waals surface area contributed by atoms with Gasteiger partial charge in [-0.25, -0.2) is 0 Å². The lowest BCUT2D eigenvalue weighted by Gasteiger charge is -2.29. The summed E-state index contributed by atoms with van der Waals surface area (Å²) in [6.07, 6.45) is 1.83. The Morgan fingerprint density at radius 3 is 2.74 bits per heavy atom. The van der Waals surface area contributed by atoms with E-state index >= 15 is 0 Å². The molecule has 1 atom stereocenters. The second-order valence-electron chi connectivity index (χ2n) is 9.03. The van der Waals surface area contributed by atoms with Gasteiger partial charge < -0.3 is 19.9 Å². The van der Waals surface area contributed by atoms with Crippen LogP contribution in [0.2, 0.25) is 0 Å². The molecule has 0 aliphatic carbocycles. The quantitative estimate of drug-likeness (QED) is 0.386. The molecule has 1 aliphatic heterocycles. The van der Waals surface area contributed by atoms with Crippen LogP contribution in [0.1, 0.15) is 23.4 Å². The van der Waals surface area contributed by atoms with E-state index in [4.69, 9.17) is 4.74 Å². The smallest absolute Gasteiger partial charge is 0.157 e. The SMILES string of the molecule is C[C@@H](Nc1nncc2ccc(N3CCOCC3)cc12)c1ccc(-c2ccccc2CN(C)C)s1. The minimum Gasteiger partial charge on any atom is -0.378 e. The van der Waals surface area contributed by atoms with Crippen molar-refractivity contribution in [2.75, 3.05) is 50.6 Å². The number of ether oxygens (including phenoxy) is 1. The minimum absolute atomic E-state index is 0.117. The maximum absolute atomic E-state index is 5.52. The van der Waals surface area contributed by atoms with Crippen LogP contribution in [-0.2, 0) is 11.3 Å². The van der Waals surface area contributed by atoms with E-state index in [0.717, 1.165) is 49.4 Å². The molecule has 5 rings (SSSR count). The van der Waals surface area contributed by atoms with Crippen LogP contribution < -0.4 is 10.2 Å². The summed E-state index contributed by atoms with van der Waals surface area (Å²) in [7, 11) is 4.22. The molecule has 0 spiro atoms. The average Bonchev–Trinajstić information content (AvgIpc) is 3.35. The van der Waals surface area contributed by atoms with E-state index < -0.39 is 0 Å². The van der Waals surface area contributed by atoms with Crippen molar-refractivity contribution in [2.45, 2.75) is 19.5 Å². The Hall–Kier alpha value is -3.00. The van der Waals surface area contributed by atoms with Crippen molar-refractivity contribution in [3.63, 3.8) is 0 Å². The van der Waals surface area contributed by atoms with E-state index in [-0.39, 0.29) is 6.04 Å². The average molecular weight is 474 g/mol. The molecule has 0 bridgehead atoms. The second kappa shape index (κ2) is 10.1. The summed E-state index contributed by atoms with van der Waals surface area (Å²) in [6.45, 7) is 6.48. The number of hydrogen-bond donors (Lipinski definition) is 1. The molecule has 34 heavy (non-hydrogen) atoms. The summed E-state index contributed by atoms with van der Waals surface area (Å²) >= 11 is 1.83. The Morgan fingerprint density at radius 2 is 1.91 bits per heavy atom. The van der Waals surface area contributed by atoms with Gasteiger partial charge in [0.2, 0.25) is 0 Å². The molecule has 1 saturated heterocycles. The van der Waals surface area contributed by atoms with Gasteiger partial charge in [-0.2, -0.15) is 5.10 Å². The number of fused-ring (bicyclic) bond motifs is 1. The van der Waals surface area contributed by atoms with E-state index in [9.17, 15) is 0 Å². The number of thiophene rings is 1. The van der Waals surface area contributed by atoms with E-state index in [0.29, 0.717) is 0 Å². The summed E-state index contributed by atoms with van der Waals surface area (Å²) in [6, 6.07) is 19.8. The molecule has 1 fully saturated rings. The van der Waals surface area contributed by atoms with Crippen LogP contribution in [0.3, 0.4) is 0 Å². The third-order valence-corrected chi connectivity index (χ3v) is 7.50. The predicted octanol–water partition coefficient (Wildman–Crippen LogP) is 5.43. The fourth-order valence-corrected chi connectivity index (χ4v) is 5.51. The van der Waals surface area contributed by atoms with Crippen LogP contribution in [0.4, 0.5) is 11.5 Å². The largest absolute Gasteiger partial charge is 0.378 e. The van der Waals surface area contributed by atoms with Crippen molar-refractivity contribution in [2.24, 2.45) is 0 Å². The van der Waals surface area contributed by atoms with Gasteiger partial charge in [-0.1, -0.05) is 30.3 Å². The molecule has 7 heteroatoms. The molecule has 176 valence electrons. The Morgan fingerprint density at radius 1 is 1.09 bits per heavy atom. The van der Waals surface area contributed by atoms with Crippen LogP contribution >= 0.6 is 11.3 Å². The van der Waals surface area contributed by atoms with Gasteiger partial charge in [-0.05, 0) is 56.4 Å². The molecule has 2 aromatic carbocycles. The monoisotopic (exact) mass is 473 g/mol. The van der Waals surface area contributed by atoms with E-state index in [2.05, 4.69) is 101 Å². The standard InChI is InChI=1S/C27H31N5OS/c1-19(25-10-11-26(34-25)23-7-5-4-6-21(23)18-31(2)3)29-27-24-16-22(32-12-14-33-15-13-32)9-8-20(24)17-28-30-27/h4-11,16-17,19H,12-15,18H2,1-3H3,(H,29,30)/t19-/m1/s1. The summed E-state index contributed by atoms with van der Waals surface area (Å²) in [5.41, 5.74) is 3.85. The molecule has 0 saturated carbocycles. The lowest BCUT2D eigenvalue weighted by Crippen LogP contribution is -2.36. The van der Waals surface area contributed by atoms with Crippen LogP contribution in [0.25, 0.3) is 21.2 Å². The zero-order valence-electron chi connectivity index (χ0n) is 20.0. The predicted molar refractivity (Wildman–Crippen MR) is 142 cm³/mol.